The van der Waals surface area contributed by atoms with Crippen LogP contribution in [0.25, 0.3) is 17.4 Å². The molecule has 0 radical (unpaired) electrons. The van der Waals surface area contributed by atoms with E-state index in [4.69, 9.17) is 9.15 Å². The van der Waals surface area contributed by atoms with Crippen molar-refractivity contribution in [3.8, 4) is 11.3 Å². The maximum absolute atomic E-state index is 13.5. The van der Waals surface area contributed by atoms with Crippen LogP contribution in [0.15, 0.2) is 83.9 Å². The van der Waals surface area contributed by atoms with Crippen molar-refractivity contribution in [3.05, 3.63) is 100.0 Å². The SMILES string of the molecule is CCOC(=O)C1=C(C)N=c2s/c(=C\c3ccc(-c4ccc(Br)cc4)o3)c(=O)n2[C@@H]1c1cccs1. The Kier molecular flexibility index (Phi) is 6.24. The molecule has 0 amide bonds. The molecule has 0 unspecified atom stereocenters. The Morgan fingerprint density at radius 1 is 1.24 bits per heavy atom. The normalized spacial score (nSPS) is 15.9. The number of furan rings is 1. The minimum atomic E-state index is -0.577. The Balaban J connectivity index is 1.61. The molecule has 0 saturated carbocycles. The Hall–Kier alpha value is -3.01. The van der Waals surface area contributed by atoms with Gasteiger partial charge < -0.3 is 9.15 Å². The topological polar surface area (TPSA) is 73.8 Å². The van der Waals surface area contributed by atoms with Gasteiger partial charge in [-0.15, -0.1) is 11.3 Å². The minimum absolute atomic E-state index is 0.224. The average molecular weight is 555 g/mol. The highest BCUT2D eigenvalue weighted by atomic mass is 79.9. The third-order valence-corrected chi connectivity index (χ3v) is 7.79. The number of aromatic nitrogens is 1. The number of benzene rings is 1. The number of hydrogen-bond donors (Lipinski definition) is 0. The molecule has 4 heterocycles. The van der Waals surface area contributed by atoms with Gasteiger partial charge in [-0.25, -0.2) is 9.79 Å². The van der Waals surface area contributed by atoms with Crippen molar-refractivity contribution < 1.29 is 13.9 Å². The highest BCUT2D eigenvalue weighted by molar-refractivity contribution is 9.10. The zero-order valence-corrected chi connectivity index (χ0v) is 21.5. The van der Waals surface area contributed by atoms with Crippen molar-refractivity contribution in [1.82, 2.24) is 4.57 Å². The molecule has 1 atom stereocenters. The Bertz CT molecular complexity index is 1570. The first kappa shape index (κ1) is 22.8. The highest BCUT2D eigenvalue weighted by Crippen LogP contribution is 2.33. The average Bonchev–Trinajstić information content (AvgIpc) is 3.56. The Morgan fingerprint density at radius 3 is 2.74 bits per heavy atom. The molecule has 0 fully saturated rings. The summed E-state index contributed by atoms with van der Waals surface area (Å²) >= 11 is 6.20. The lowest BCUT2D eigenvalue weighted by Gasteiger charge is -2.23. The molecule has 1 aliphatic rings. The fourth-order valence-corrected chi connectivity index (χ4v) is 5.95. The molecule has 3 aromatic heterocycles. The molecular formula is C25H19BrN2O4S2. The molecule has 0 aliphatic carbocycles. The Labute approximate surface area is 211 Å². The van der Waals surface area contributed by atoms with E-state index in [0.717, 1.165) is 14.9 Å². The van der Waals surface area contributed by atoms with Gasteiger partial charge in [0, 0.05) is 21.0 Å². The van der Waals surface area contributed by atoms with Crippen molar-refractivity contribution in [3.63, 3.8) is 0 Å². The van der Waals surface area contributed by atoms with E-state index >= 15 is 0 Å². The summed E-state index contributed by atoms with van der Waals surface area (Å²) in [5.41, 5.74) is 1.66. The number of carbonyl (C=O) groups excluding carboxylic acids is 1. The van der Waals surface area contributed by atoms with Crippen LogP contribution in [0.5, 0.6) is 0 Å². The zero-order valence-electron chi connectivity index (χ0n) is 18.3. The van der Waals surface area contributed by atoms with Gasteiger partial charge in [0.1, 0.15) is 17.6 Å². The number of allylic oxidation sites excluding steroid dienone is 1. The second-order valence-corrected chi connectivity index (χ2v) is 10.4. The number of ether oxygens (including phenoxy) is 1. The molecule has 9 heteroatoms. The van der Waals surface area contributed by atoms with Crippen LogP contribution >= 0.6 is 38.6 Å². The fourth-order valence-electron chi connectivity index (χ4n) is 3.84. The standard InChI is InChI=1S/C25H19BrN2O4S2/c1-3-31-24(30)21-14(2)27-25-28(22(21)19-5-4-12-33-19)23(29)20(34-25)13-17-10-11-18(32-17)15-6-8-16(26)9-7-15/h4-13,22H,3H2,1-2H3/b20-13-/t22-/m1/s1. The summed E-state index contributed by atoms with van der Waals surface area (Å²) in [5, 5.41) is 1.93. The van der Waals surface area contributed by atoms with Crippen molar-refractivity contribution in [1.29, 1.82) is 0 Å². The highest BCUT2D eigenvalue weighted by Gasteiger charge is 2.33. The number of esters is 1. The van der Waals surface area contributed by atoms with Crippen LogP contribution in [-0.2, 0) is 9.53 Å². The first-order valence-corrected chi connectivity index (χ1v) is 13.0. The van der Waals surface area contributed by atoms with E-state index in [0.29, 0.717) is 32.1 Å². The summed E-state index contributed by atoms with van der Waals surface area (Å²) < 4.78 is 14.3. The molecular weight excluding hydrogens is 536 g/mol. The number of rotatable bonds is 5. The Morgan fingerprint density at radius 2 is 2.03 bits per heavy atom. The predicted octanol–water partition coefficient (Wildman–Crippen LogP) is 4.88. The first-order chi connectivity index (χ1) is 16.5. The number of nitrogens with zero attached hydrogens (tertiary/aromatic N) is 2. The van der Waals surface area contributed by atoms with Gasteiger partial charge in [0.2, 0.25) is 0 Å². The van der Waals surface area contributed by atoms with Gasteiger partial charge in [0.05, 0.1) is 22.4 Å². The van der Waals surface area contributed by atoms with Crippen molar-refractivity contribution in [2.45, 2.75) is 19.9 Å². The van der Waals surface area contributed by atoms with Crippen molar-refractivity contribution in [2.24, 2.45) is 4.99 Å². The molecule has 0 N–H and O–H groups in total. The van der Waals surface area contributed by atoms with E-state index in [2.05, 4.69) is 20.9 Å². The van der Waals surface area contributed by atoms with Crippen molar-refractivity contribution in [2.75, 3.05) is 6.61 Å². The summed E-state index contributed by atoms with van der Waals surface area (Å²) in [7, 11) is 0. The molecule has 1 aromatic carbocycles. The van der Waals surface area contributed by atoms with Gasteiger partial charge in [0.15, 0.2) is 4.80 Å². The maximum atomic E-state index is 13.5. The number of fused-ring (bicyclic) bond motifs is 1. The lowest BCUT2D eigenvalue weighted by atomic mass is 10.0. The van der Waals surface area contributed by atoms with Crippen LogP contribution in [0.2, 0.25) is 0 Å². The van der Waals surface area contributed by atoms with E-state index in [9.17, 15) is 9.59 Å². The van der Waals surface area contributed by atoms with Crippen molar-refractivity contribution >= 4 is 50.6 Å². The van der Waals surface area contributed by atoms with Crippen LogP contribution in [0, 0.1) is 0 Å². The van der Waals surface area contributed by atoms with Gasteiger partial charge in [-0.1, -0.05) is 45.5 Å². The van der Waals surface area contributed by atoms with Crippen LogP contribution in [0.4, 0.5) is 0 Å². The maximum Gasteiger partial charge on any atom is 0.338 e. The lowest BCUT2D eigenvalue weighted by Crippen LogP contribution is -2.39. The van der Waals surface area contributed by atoms with E-state index in [1.807, 2.05) is 53.9 Å². The molecule has 6 nitrogen and oxygen atoms in total. The van der Waals surface area contributed by atoms with Crippen LogP contribution in [-0.4, -0.2) is 17.1 Å². The summed E-state index contributed by atoms with van der Waals surface area (Å²) in [5.74, 6) is 0.821. The predicted molar refractivity (Wildman–Crippen MR) is 137 cm³/mol. The summed E-state index contributed by atoms with van der Waals surface area (Å²) in [4.78, 5) is 32.4. The summed E-state index contributed by atoms with van der Waals surface area (Å²) in [6.07, 6.45) is 1.72. The number of halogens is 1. The first-order valence-electron chi connectivity index (χ1n) is 10.5. The molecule has 1 aliphatic heterocycles. The number of carbonyl (C=O) groups is 1. The smallest absolute Gasteiger partial charge is 0.338 e. The van der Waals surface area contributed by atoms with Crippen LogP contribution in [0.3, 0.4) is 0 Å². The number of hydrogen-bond acceptors (Lipinski definition) is 7. The largest absolute Gasteiger partial charge is 0.463 e. The zero-order chi connectivity index (χ0) is 23.8. The minimum Gasteiger partial charge on any atom is -0.463 e. The molecule has 172 valence electrons. The van der Waals surface area contributed by atoms with Gasteiger partial charge in [-0.2, -0.15) is 0 Å². The van der Waals surface area contributed by atoms with Crippen LogP contribution < -0.4 is 14.9 Å². The van der Waals surface area contributed by atoms with Gasteiger partial charge >= 0.3 is 5.97 Å². The van der Waals surface area contributed by atoms with E-state index in [1.54, 1.807) is 24.5 Å². The summed E-state index contributed by atoms with van der Waals surface area (Å²) in [6, 6.07) is 14.8. The van der Waals surface area contributed by atoms with Crippen LogP contribution in [0.1, 0.15) is 30.5 Å². The second-order valence-electron chi connectivity index (χ2n) is 7.53. The number of thiazole rings is 1. The lowest BCUT2D eigenvalue weighted by molar-refractivity contribution is -0.139. The quantitative estimate of drug-likeness (QED) is 0.329. The van der Waals surface area contributed by atoms with Gasteiger partial charge in [-0.05, 0) is 49.6 Å². The fraction of sp³-hybridized carbons (Fsp3) is 0.160. The molecule has 0 saturated heterocycles. The van der Waals surface area contributed by atoms with Gasteiger partial charge in [0.25, 0.3) is 5.56 Å². The molecule has 34 heavy (non-hydrogen) atoms. The molecule has 4 aromatic rings. The van der Waals surface area contributed by atoms with E-state index in [-0.39, 0.29) is 12.2 Å². The third-order valence-electron chi connectivity index (χ3n) is 5.36. The third kappa shape index (κ3) is 4.15. The second kappa shape index (κ2) is 9.32. The molecule has 0 spiro atoms. The van der Waals surface area contributed by atoms with E-state index < -0.39 is 12.0 Å². The summed E-state index contributed by atoms with van der Waals surface area (Å²) in [6.45, 7) is 3.78. The van der Waals surface area contributed by atoms with Gasteiger partial charge in [-0.3, -0.25) is 9.36 Å². The van der Waals surface area contributed by atoms with E-state index in [1.165, 1.54) is 22.7 Å². The molecule has 0 bridgehead atoms. The monoisotopic (exact) mass is 554 g/mol. The molecule has 5 rings (SSSR count). The number of thiophene rings is 1.